The third-order valence-corrected chi connectivity index (χ3v) is 4.29. The minimum atomic E-state index is 0.116. The maximum atomic E-state index is 6.23. The van der Waals surface area contributed by atoms with Gasteiger partial charge in [0, 0.05) is 19.1 Å². The first-order valence-corrected chi connectivity index (χ1v) is 6.80. The molecule has 0 bridgehead atoms. The fourth-order valence-corrected chi connectivity index (χ4v) is 3.36. The first-order valence-electron chi connectivity index (χ1n) is 6.80. The van der Waals surface area contributed by atoms with Crippen LogP contribution in [-0.2, 0) is 4.74 Å². The van der Waals surface area contributed by atoms with E-state index in [1.165, 1.54) is 24.8 Å². The van der Waals surface area contributed by atoms with Gasteiger partial charge in [0.05, 0.1) is 5.60 Å². The van der Waals surface area contributed by atoms with Crippen LogP contribution >= 0.6 is 0 Å². The molecule has 17 heavy (non-hydrogen) atoms. The Balaban J connectivity index is 1.89. The molecule has 2 heterocycles. The number of rotatable bonds is 1. The smallest absolute Gasteiger partial charge is 0.0775 e. The zero-order valence-corrected chi connectivity index (χ0v) is 10.3. The van der Waals surface area contributed by atoms with E-state index in [0.29, 0.717) is 5.92 Å². The van der Waals surface area contributed by atoms with Gasteiger partial charge in [-0.3, -0.25) is 0 Å². The predicted octanol–water partition coefficient (Wildman–Crippen LogP) is 2.70. The first kappa shape index (κ1) is 11.2. The largest absolute Gasteiger partial charge is 0.374 e. The van der Waals surface area contributed by atoms with E-state index in [9.17, 15) is 0 Å². The van der Waals surface area contributed by atoms with E-state index in [-0.39, 0.29) is 5.60 Å². The molecular formula is C15H21NO. The van der Waals surface area contributed by atoms with E-state index in [1.807, 2.05) is 0 Å². The summed E-state index contributed by atoms with van der Waals surface area (Å²) in [4.78, 5) is 0. The Bertz CT molecular complexity index is 348. The summed E-state index contributed by atoms with van der Waals surface area (Å²) in [5.41, 5.74) is 1.55. The molecule has 2 unspecified atom stereocenters. The molecule has 2 nitrogen and oxygen atoms in total. The third-order valence-electron chi connectivity index (χ3n) is 4.29. The lowest BCUT2D eigenvalue weighted by molar-refractivity contribution is -0.109. The van der Waals surface area contributed by atoms with Gasteiger partial charge in [-0.15, -0.1) is 0 Å². The Morgan fingerprint density at radius 3 is 2.76 bits per heavy atom. The van der Waals surface area contributed by atoms with E-state index in [2.05, 4.69) is 35.6 Å². The van der Waals surface area contributed by atoms with Crippen LogP contribution in [0.1, 0.15) is 37.2 Å². The second-order valence-electron chi connectivity index (χ2n) is 5.29. The maximum absolute atomic E-state index is 6.23. The summed E-state index contributed by atoms with van der Waals surface area (Å²) < 4.78 is 6.23. The molecule has 3 rings (SSSR count). The predicted molar refractivity (Wildman–Crippen MR) is 69.2 cm³/mol. The Hall–Kier alpha value is -0.860. The summed E-state index contributed by atoms with van der Waals surface area (Å²) >= 11 is 0. The number of hydrogen-bond donors (Lipinski definition) is 1. The van der Waals surface area contributed by atoms with E-state index in [4.69, 9.17) is 4.74 Å². The molecule has 2 heteroatoms. The molecule has 0 amide bonds. The topological polar surface area (TPSA) is 21.3 Å². The lowest BCUT2D eigenvalue weighted by Crippen LogP contribution is -2.51. The molecule has 2 aliphatic rings. The zero-order valence-electron chi connectivity index (χ0n) is 10.3. The SMILES string of the molecule is c1ccc(C2CNCCC23CCCCO3)cc1. The van der Waals surface area contributed by atoms with Crippen molar-refractivity contribution in [2.24, 2.45) is 0 Å². The van der Waals surface area contributed by atoms with Crippen LogP contribution in [0.25, 0.3) is 0 Å². The van der Waals surface area contributed by atoms with Crippen LogP contribution in [0.5, 0.6) is 0 Å². The third kappa shape index (κ3) is 2.12. The number of ether oxygens (including phenoxy) is 1. The van der Waals surface area contributed by atoms with Crippen LogP contribution in [-0.4, -0.2) is 25.3 Å². The number of benzene rings is 1. The Morgan fingerprint density at radius 2 is 2.00 bits per heavy atom. The molecule has 0 aromatic heterocycles. The molecule has 1 N–H and O–H groups in total. The average molecular weight is 231 g/mol. The van der Waals surface area contributed by atoms with Crippen molar-refractivity contribution in [3.05, 3.63) is 35.9 Å². The lowest BCUT2D eigenvalue weighted by atomic mass is 9.73. The highest BCUT2D eigenvalue weighted by molar-refractivity contribution is 5.25. The molecule has 2 saturated heterocycles. The fourth-order valence-electron chi connectivity index (χ4n) is 3.36. The lowest BCUT2D eigenvalue weighted by Gasteiger charge is -2.47. The van der Waals surface area contributed by atoms with Crippen molar-refractivity contribution in [3.8, 4) is 0 Å². The summed E-state index contributed by atoms with van der Waals surface area (Å²) in [6, 6.07) is 10.9. The van der Waals surface area contributed by atoms with Crippen LogP contribution in [0.3, 0.4) is 0 Å². The molecule has 0 aliphatic carbocycles. The van der Waals surface area contributed by atoms with E-state index >= 15 is 0 Å². The molecule has 0 radical (unpaired) electrons. The van der Waals surface area contributed by atoms with Gasteiger partial charge in [-0.1, -0.05) is 30.3 Å². The Kier molecular flexibility index (Phi) is 3.17. The molecular weight excluding hydrogens is 210 g/mol. The second kappa shape index (κ2) is 4.79. The van der Waals surface area contributed by atoms with Gasteiger partial charge < -0.3 is 10.1 Å². The van der Waals surface area contributed by atoms with Crippen LogP contribution in [0.4, 0.5) is 0 Å². The van der Waals surface area contributed by atoms with Crippen LogP contribution < -0.4 is 5.32 Å². The Labute approximate surface area is 103 Å². The molecule has 0 saturated carbocycles. The van der Waals surface area contributed by atoms with Gasteiger partial charge in [-0.25, -0.2) is 0 Å². The summed E-state index contributed by atoms with van der Waals surface area (Å²) in [7, 11) is 0. The zero-order chi connectivity index (χ0) is 11.6. The van der Waals surface area contributed by atoms with Crippen LogP contribution in [0.2, 0.25) is 0 Å². The number of piperidine rings is 1. The highest BCUT2D eigenvalue weighted by atomic mass is 16.5. The summed E-state index contributed by atoms with van der Waals surface area (Å²) in [5, 5.41) is 3.52. The molecule has 92 valence electrons. The van der Waals surface area contributed by atoms with Gasteiger partial charge in [0.1, 0.15) is 0 Å². The van der Waals surface area contributed by atoms with Gasteiger partial charge >= 0.3 is 0 Å². The molecule has 1 aromatic carbocycles. The fraction of sp³-hybridized carbons (Fsp3) is 0.600. The minimum Gasteiger partial charge on any atom is -0.374 e. The number of nitrogens with one attached hydrogen (secondary N) is 1. The molecule has 1 aromatic rings. The second-order valence-corrected chi connectivity index (χ2v) is 5.29. The van der Waals surface area contributed by atoms with Gasteiger partial charge in [0.15, 0.2) is 0 Å². The highest BCUT2D eigenvalue weighted by Crippen LogP contribution is 2.42. The van der Waals surface area contributed by atoms with Gasteiger partial charge in [0.2, 0.25) is 0 Å². The summed E-state index contributed by atoms with van der Waals surface area (Å²) in [6.07, 6.45) is 4.95. The van der Waals surface area contributed by atoms with Crippen LogP contribution in [0, 0.1) is 0 Å². The summed E-state index contributed by atoms with van der Waals surface area (Å²) in [5.74, 6) is 0.526. The minimum absolute atomic E-state index is 0.116. The Morgan fingerprint density at radius 1 is 1.12 bits per heavy atom. The molecule has 2 aliphatic heterocycles. The standard InChI is InChI=1S/C15H21NO/c1-2-6-13(7-3-1)14-12-16-10-9-15(14)8-4-5-11-17-15/h1-3,6-7,14,16H,4-5,8-12H2. The van der Waals surface area contributed by atoms with Gasteiger partial charge in [-0.05, 0) is 37.8 Å². The molecule has 2 atom stereocenters. The van der Waals surface area contributed by atoms with Gasteiger partial charge in [-0.2, -0.15) is 0 Å². The number of hydrogen-bond acceptors (Lipinski definition) is 2. The molecule has 1 spiro atoms. The van der Waals surface area contributed by atoms with Crippen molar-refractivity contribution in [1.29, 1.82) is 0 Å². The van der Waals surface area contributed by atoms with E-state index in [0.717, 1.165) is 26.1 Å². The van der Waals surface area contributed by atoms with Crippen molar-refractivity contribution in [2.45, 2.75) is 37.2 Å². The average Bonchev–Trinajstić information content (AvgIpc) is 2.41. The summed E-state index contributed by atoms with van der Waals surface area (Å²) in [6.45, 7) is 3.11. The normalized spacial score (nSPS) is 33.8. The monoisotopic (exact) mass is 231 g/mol. The van der Waals surface area contributed by atoms with Crippen molar-refractivity contribution < 1.29 is 4.74 Å². The van der Waals surface area contributed by atoms with Crippen molar-refractivity contribution in [2.75, 3.05) is 19.7 Å². The molecule has 2 fully saturated rings. The van der Waals surface area contributed by atoms with E-state index < -0.39 is 0 Å². The van der Waals surface area contributed by atoms with E-state index in [1.54, 1.807) is 0 Å². The van der Waals surface area contributed by atoms with Crippen LogP contribution in [0.15, 0.2) is 30.3 Å². The quantitative estimate of drug-likeness (QED) is 0.802. The van der Waals surface area contributed by atoms with Crippen molar-refractivity contribution in [3.63, 3.8) is 0 Å². The van der Waals surface area contributed by atoms with Crippen molar-refractivity contribution >= 4 is 0 Å². The highest BCUT2D eigenvalue weighted by Gasteiger charge is 2.43. The van der Waals surface area contributed by atoms with Gasteiger partial charge in [0.25, 0.3) is 0 Å². The first-order chi connectivity index (χ1) is 8.41. The maximum Gasteiger partial charge on any atom is 0.0775 e. The van der Waals surface area contributed by atoms with Crippen molar-refractivity contribution in [1.82, 2.24) is 5.32 Å².